The predicted molar refractivity (Wildman–Crippen MR) is 113 cm³/mol. The lowest BCUT2D eigenvalue weighted by Gasteiger charge is -2.28. The van der Waals surface area contributed by atoms with E-state index in [4.69, 9.17) is 9.15 Å². The van der Waals surface area contributed by atoms with E-state index in [1.54, 1.807) is 6.26 Å². The van der Waals surface area contributed by atoms with Crippen molar-refractivity contribution < 1.29 is 13.9 Å². The number of nitrogens with one attached hydrogen (secondary N) is 3. The van der Waals surface area contributed by atoms with Crippen molar-refractivity contribution in [2.75, 3.05) is 33.7 Å². The lowest BCUT2D eigenvalue weighted by atomic mass is 10.1. The van der Waals surface area contributed by atoms with Crippen LogP contribution in [0.15, 0.2) is 27.8 Å². The van der Waals surface area contributed by atoms with Crippen molar-refractivity contribution in [2.45, 2.75) is 58.7 Å². The summed E-state index contributed by atoms with van der Waals surface area (Å²) in [6.07, 6.45) is 1.23. The van der Waals surface area contributed by atoms with Gasteiger partial charge in [-0.05, 0) is 67.8 Å². The molecule has 1 atom stereocenters. The van der Waals surface area contributed by atoms with E-state index in [0.29, 0.717) is 19.0 Å². The number of likely N-dealkylation sites (N-methyl/N-ethyl adjacent to an activating group) is 1. The minimum absolute atomic E-state index is 0.0757. The number of carbonyl (C=O) groups is 1. The summed E-state index contributed by atoms with van der Waals surface area (Å²) >= 11 is 0. The van der Waals surface area contributed by atoms with Gasteiger partial charge in [0.1, 0.15) is 11.4 Å². The Morgan fingerprint density at radius 1 is 1.25 bits per heavy atom. The van der Waals surface area contributed by atoms with Crippen LogP contribution >= 0.6 is 0 Å². The zero-order valence-corrected chi connectivity index (χ0v) is 18.5. The summed E-state index contributed by atoms with van der Waals surface area (Å²) in [4.78, 5) is 18.7. The maximum absolute atomic E-state index is 12.0. The van der Waals surface area contributed by atoms with Crippen LogP contribution in [0.5, 0.6) is 0 Å². The number of furan rings is 1. The third-order valence-electron chi connectivity index (χ3n) is 3.77. The molecule has 0 aliphatic carbocycles. The van der Waals surface area contributed by atoms with E-state index in [1.807, 2.05) is 67.8 Å². The molecule has 0 saturated carbocycles. The quantitative estimate of drug-likeness (QED) is 0.463. The van der Waals surface area contributed by atoms with Gasteiger partial charge in [0.25, 0.3) is 0 Å². The van der Waals surface area contributed by atoms with Crippen LogP contribution in [0, 0.1) is 0 Å². The molecular weight excluding hydrogens is 358 g/mol. The SMILES string of the molecule is CCNC(=NCC(C)(C)NC(=O)OC(C)(C)C)NCC(c1ccco1)N(C)C. The Morgan fingerprint density at radius 2 is 1.93 bits per heavy atom. The van der Waals surface area contributed by atoms with E-state index in [2.05, 4.69) is 25.8 Å². The van der Waals surface area contributed by atoms with Gasteiger partial charge in [0.2, 0.25) is 0 Å². The molecular formula is C20H37N5O3. The second kappa shape index (κ2) is 10.4. The highest BCUT2D eigenvalue weighted by Crippen LogP contribution is 2.17. The minimum atomic E-state index is -0.549. The van der Waals surface area contributed by atoms with Crippen LogP contribution in [0.3, 0.4) is 0 Å². The highest BCUT2D eigenvalue weighted by atomic mass is 16.6. The Hall–Kier alpha value is -2.22. The van der Waals surface area contributed by atoms with Crippen LogP contribution in [0.2, 0.25) is 0 Å². The Bertz CT molecular complexity index is 618. The summed E-state index contributed by atoms with van der Waals surface area (Å²) in [6, 6.07) is 3.92. The topological polar surface area (TPSA) is 91.1 Å². The average molecular weight is 396 g/mol. The predicted octanol–water partition coefficient (Wildman–Crippen LogP) is 2.74. The fourth-order valence-electron chi connectivity index (χ4n) is 2.45. The number of carbonyl (C=O) groups excluding carboxylic acids is 1. The van der Waals surface area contributed by atoms with E-state index in [0.717, 1.165) is 12.3 Å². The molecule has 0 bridgehead atoms. The molecule has 8 nitrogen and oxygen atoms in total. The number of guanidine groups is 1. The Balaban J connectivity index is 2.70. The fraction of sp³-hybridized carbons (Fsp3) is 0.700. The number of alkyl carbamates (subject to hydrolysis) is 1. The van der Waals surface area contributed by atoms with Crippen molar-refractivity contribution in [1.82, 2.24) is 20.9 Å². The van der Waals surface area contributed by atoms with E-state index in [1.165, 1.54) is 0 Å². The fourth-order valence-corrected chi connectivity index (χ4v) is 2.45. The van der Waals surface area contributed by atoms with Gasteiger partial charge in [-0.1, -0.05) is 0 Å². The van der Waals surface area contributed by atoms with Gasteiger partial charge in [-0.15, -0.1) is 0 Å². The van der Waals surface area contributed by atoms with Crippen molar-refractivity contribution in [1.29, 1.82) is 0 Å². The van der Waals surface area contributed by atoms with E-state index in [-0.39, 0.29) is 6.04 Å². The summed E-state index contributed by atoms with van der Waals surface area (Å²) in [6.45, 7) is 13.1. The minimum Gasteiger partial charge on any atom is -0.468 e. The first-order valence-corrected chi connectivity index (χ1v) is 9.66. The highest BCUT2D eigenvalue weighted by Gasteiger charge is 2.24. The van der Waals surface area contributed by atoms with Gasteiger partial charge >= 0.3 is 6.09 Å². The number of aliphatic imine (C=N–C) groups is 1. The Kier molecular flexibility index (Phi) is 8.81. The number of rotatable bonds is 8. The van der Waals surface area contributed by atoms with Crippen LogP contribution in [-0.2, 0) is 4.74 Å². The molecule has 0 radical (unpaired) electrons. The Morgan fingerprint density at radius 3 is 2.43 bits per heavy atom. The van der Waals surface area contributed by atoms with Gasteiger partial charge in [0.15, 0.2) is 5.96 Å². The monoisotopic (exact) mass is 395 g/mol. The Labute approximate surface area is 169 Å². The molecule has 0 aliphatic heterocycles. The molecule has 0 saturated heterocycles. The molecule has 1 unspecified atom stereocenters. The van der Waals surface area contributed by atoms with Gasteiger partial charge in [-0.2, -0.15) is 0 Å². The molecule has 8 heteroatoms. The molecule has 0 aromatic carbocycles. The molecule has 1 amide bonds. The smallest absolute Gasteiger partial charge is 0.408 e. The summed E-state index contributed by atoms with van der Waals surface area (Å²) in [5.74, 6) is 1.57. The summed E-state index contributed by atoms with van der Waals surface area (Å²) in [5, 5.41) is 9.45. The van der Waals surface area contributed by atoms with Crippen LogP contribution < -0.4 is 16.0 Å². The number of hydrogen-bond acceptors (Lipinski definition) is 5. The van der Waals surface area contributed by atoms with Crippen molar-refractivity contribution in [2.24, 2.45) is 4.99 Å². The lowest BCUT2D eigenvalue weighted by molar-refractivity contribution is 0.0476. The second-order valence-electron chi connectivity index (χ2n) is 8.58. The average Bonchev–Trinajstić information content (AvgIpc) is 3.04. The standard InChI is InChI=1S/C20H37N5O3/c1-9-21-17(22-13-15(25(7)8)16-11-10-12-27-16)23-14-20(5,6)24-18(26)28-19(2,3)4/h10-12,15H,9,13-14H2,1-8H3,(H,24,26)(H2,21,22,23). The van der Waals surface area contributed by atoms with Crippen LogP contribution in [0.4, 0.5) is 4.79 Å². The largest absolute Gasteiger partial charge is 0.468 e. The number of amides is 1. The maximum Gasteiger partial charge on any atom is 0.408 e. The van der Waals surface area contributed by atoms with E-state index >= 15 is 0 Å². The van der Waals surface area contributed by atoms with Crippen molar-refractivity contribution >= 4 is 12.1 Å². The lowest BCUT2D eigenvalue weighted by Crippen LogP contribution is -2.49. The summed E-state index contributed by atoms with van der Waals surface area (Å²) in [7, 11) is 4.01. The zero-order chi connectivity index (χ0) is 21.4. The van der Waals surface area contributed by atoms with Crippen molar-refractivity contribution in [3.63, 3.8) is 0 Å². The first-order chi connectivity index (χ1) is 12.9. The van der Waals surface area contributed by atoms with E-state index in [9.17, 15) is 4.79 Å². The first kappa shape index (κ1) is 23.8. The highest BCUT2D eigenvalue weighted by molar-refractivity contribution is 5.80. The normalized spacial score (nSPS) is 14.0. The molecule has 0 aliphatic rings. The van der Waals surface area contributed by atoms with E-state index < -0.39 is 17.2 Å². The third-order valence-corrected chi connectivity index (χ3v) is 3.77. The molecule has 0 fully saturated rings. The molecule has 1 rings (SSSR count). The molecule has 160 valence electrons. The molecule has 3 N–H and O–H groups in total. The molecule has 1 aromatic rings. The van der Waals surface area contributed by atoms with Crippen LogP contribution in [0.25, 0.3) is 0 Å². The number of hydrogen-bond donors (Lipinski definition) is 3. The maximum atomic E-state index is 12.0. The van der Waals surface area contributed by atoms with Gasteiger partial charge in [-0.25, -0.2) is 4.79 Å². The first-order valence-electron chi connectivity index (χ1n) is 9.66. The summed E-state index contributed by atoms with van der Waals surface area (Å²) < 4.78 is 10.9. The van der Waals surface area contributed by atoms with Crippen molar-refractivity contribution in [3.8, 4) is 0 Å². The van der Waals surface area contributed by atoms with Gasteiger partial charge < -0.3 is 25.1 Å². The molecule has 1 aromatic heterocycles. The number of nitrogens with zero attached hydrogens (tertiary/aromatic N) is 2. The zero-order valence-electron chi connectivity index (χ0n) is 18.5. The molecule has 0 spiro atoms. The third kappa shape index (κ3) is 9.12. The van der Waals surface area contributed by atoms with Crippen LogP contribution in [0.1, 0.15) is 53.3 Å². The summed E-state index contributed by atoms with van der Waals surface area (Å²) in [5.41, 5.74) is -1.08. The number of ether oxygens (including phenoxy) is 1. The van der Waals surface area contributed by atoms with Gasteiger partial charge in [0, 0.05) is 13.1 Å². The molecule has 1 heterocycles. The second-order valence-corrected chi connectivity index (χ2v) is 8.58. The van der Waals surface area contributed by atoms with Gasteiger partial charge in [0.05, 0.1) is 24.4 Å². The molecule has 28 heavy (non-hydrogen) atoms. The van der Waals surface area contributed by atoms with Crippen molar-refractivity contribution in [3.05, 3.63) is 24.2 Å². The van der Waals surface area contributed by atoms with Crippen LogP contribution in [-0.4, -0.2) is 61.8 Å². The van der Waals surface area contributed by atoms with Gasteiger partial charge in [-0.3, -0.25) is 9.89 Å².